The van der Waals surface area contributed by atoms with Crippen LogP contribution >= 0.6 is 0 Å². The molecule has 0 saturated heterocycles. The number of nitrogens with two attached hydrogens (primary N) is 1. The van der Waals surface area contributed by atoms with E-state index in [2.05, 4.69) is 10.5 Å². The van der Waals surface area contributed by atoms with Gasteiger partial charge in [-0.3, -0.25) is 4.79 Å². The third-order valence-electron chi connectivity index (χ3n) is 3.77. The van der Waals surface area contributed by atoms with Crippen molar-refractivity contribution in [2.75, 3.05) is 11.1 Å². The number of amides is 1. The lowest BCUT2D eigenvalue weighted by molar-refractivity contribution is -0.125. The number of benzene rings is 2. The smallest absolute Gasteiger partial charge is 0.346 e. The summed E-state index contributed by atoms with van der Waals surface area (Å²) in [6, 6.07) is 13.7. The molecule has 1 atom stereocenters. The number of carbonyl (C=O) groups excluding carboxylic acids is 2. The third-order valence-corrected chi connectivity index (χ3v) is 3.77. The van der Waals surface area contributed by atoms with E-state index in [0.29, 0.717) is 11.3 Å². The van der Waals surface area contributed by atoms with Crippen molar-refractivity contribution in [2.24, 2.45) is 0 Å². The van der Waals surface area contributed by atoms with E-state index in [4.69, 9.17) is 15.0 Å². The lowest BCUT2D eigenvalue weighted by Crippen LogP contribution is -2.26. The Hall–Kier alpha value is -3.68. The highest BCUT2D eigenvalue weighted by atomic mass is 19.1. The minimum atomic E-state index is -1.25. The number of rotatable bonds is 5. The van der Waals surface area contributed by atoms with Crippen LogP contribution in [0.25, 0.3) is 0 Å². The molecule has 2 aromatic carbocycles. The number of esters is 1. The van der Waals surface area contributed by atoms with E-state index in [1.54, 1.807) is 30.3 Å². The number of aromatic nitrogens is 1. The van der Waals surface area contributed by atoms with Crippen molar-refractivity contribution >= 4 is 23.4 Å². The van der Waals surface area contributed by atoms with Crippen LogP contribution in [-0.4, -0.2) is 17.0 Å². The predicted molar refractivity (Wildman–Crippen MR) is 95.3 cm³/mol. The van der Waals surface area contributed by atoms with E-state index < -0.39 is 23.8 Å². The van der Waals surface area contributed by atoms with Gasteiger partial charge < -0.3 is 20.3 Å². The van der Waals surface area contributed by atoms with Gasteiger partial charge >= 0.3 is 5.97 Å². The van der Waals surface area contributed by atoms with Gasteiger partial charge in [-0.1, -0.05) is 35.5 Å². The molecule has 0 bridgehead atoms. The molecule has 0 fully saturated rings. The molecule has 27 heavy (non-hydrogen) atoms. The molecule has 0 spiro atoms. The van der Waals surface area contributed by atoms with Crippen molar-refractivity contribution < 1.29 is 23.2 Å². The molecule has 0 saturated carbocycles. The predicted octanol–water partition coefficient (Wildman–Crippen LogP) is 3.24. The summed E-state index contributed by atoms with van der Waals surface area (Å²) in [5, 5.41) is 6.20. The molecule has 8 heteroatoms. The molecule has 1 amide bonds. The summed E-state index contributed by atoms with van der Waals surface area (Å²) in [7, 11) is 0. The first-order valence-electron chi connectivity index (χ1n) is 8.00. The van der Waals surface area contributed by atoms with Crippen molar-refractivity contribution in [3.63, 3.8) is 0 Å². The Morgan fingerprint density at radius 1 is 1.15 bits per heavy atom. The number of carbonyl (C=O) groups is 2. The molecule has 0 aliphatic carbocycles. The Morgan fingerprint density at radius 2 is 1.81 bits per heavy atom. The largest absolute Gasteiger partial charge is 0.443 e. The molecule has 0 radical (unpaired) electrons. The minimum absolute atomic E-state index is 0.0366. The number of anilines is 2. The van der Waals surface area contributed by atoms with Gasteiger partial charge in [-0.2, -0.15) is 0 Å². The Balaban J connectivity index is 1.86. The molecule has 1 unspecified atom stereocenters. The van der Waals surface area contributed by atoms with Crippen molar-refractivity contribution in [2.45, 2.75) is 13.0 Å². The summed E-state index contributed by atoms with van der Waals surface area (Å²) in [5.41, 5.74) is 6.64. The van der Waals surface area contributed by atoms with E-state index in [1.165, 1.54) is 31.2 Å². The van der Waals surface area contributed by atoms with Crippen LogP contribution in [0, 0.1) is 12.7 Å². The topological polar surface area (TPSA) is 107 Å². The molecule has 7 nitrogen and oxygen atoms in total. The monoisotopic (exact) mass is 369 g/mol. The summed E-state index contributed by atoms with van der Waals surface area (Å²) >= 11 is 0. The Morgan fingerprint density at radius 3 is 2.41 bits per heavy atom. The average molecular weight is 369 g/mol. The van der Waals surface area contributed by atoms with Gasteiger partial charge in [-0.05, 0) is 31.2 Å². The van der Waals surface area contributed by atoms with E-state index in [0.717, 1.165) is 0 Å². The number of hydrogen-bond acceptors (Lipinski definition) is 6. The van der Waals surface area contributed by atoms with Gasteiger partial charge in [0.25, 0.3) is 5.91 Å². The summed E-state index contributed by atoms with van der Waals surface area (Å²) in [6.45, 7) is 1.53. The standard InChI is InChI=1S/C19H16FN3O4/c1-11-15(17(21)27-23-11)19(25)26-16(12-5-3-2-4-6-12)18(24)22-14-9-7-13(20)8-10-14/h2-10,16H,21H2,1H3,(H,22,24). The fourth-order valence-corrected chi connectivity index (χ4v) is 2.44. The molecule has 0 aliphatic heterocycles. The summed E-state index contributed by atoms with van der Waals surface area (Å²) in [6.07, 6.45) is -1.25. The second-order valence-corrected chi connectivity index (χ2v) is 5.70. The maximum atomic E-state index is 13.0. The number of nitrogens with one attached hydrogen (secondary N) is 1. The Kier molecular flexibility index (Phi) is 5.16. The molecule has 1 heterocycles. The maximum absolute atomic E-state index is 13.0. The molecular weight excluding hydrogens is 353 g/mol. The molecule has 0 aliphatic rings. The first kappa shape index (κ1) is 18.1. The Labute approximate surface area is 153 Å². The number of nitrogens with zero attached hydrogens (tertiary/aromatic N) is 1. The number of ether oxygens (including phenoxy) is 1. The molecule has 138 valence electrons. The average Bonchev–Trinajstić information content (AvgIpc) is 3.00. The first-order chi connectivity index (χ1) is 13.0. The van der Waals surface area contributed by atoms with Gasteiger partial charge in [0.05, 0.1) is 5.69 Å². The third kappa shape index (κ3) is 4.12. The molecule has 1 aromatic heterocycles. The normalized spacial score (nSPS) is 11.6. The van der Waals surface area contributed by atoms with Crippen LogP contribution in [-0.2, 0) is 9.53 Å². The van der Waals surface area contributed by atoms with Crippen molar-refractivity contribution in [3.8, 4) is 0 Å². The van der Waals surface area contributed by atoms with Crippen LogP contribution in [0.1, 0.15) is 27.7 Å². The van der Waals surface area contributed by atoms with Crippen LogP contribution in [0.3, 0.4) is 0 Å². The van der Waals surface area contributed by atoms with Crippen LogP contribution < -0.4 is 11.1 Å². The lowest BCUT2D eigenvalue weighted by atomic mass is 10.1. The van der Waals surface area contributed by atoms with E-state index >= 15 is 0 Å². The van der Waals surface area contributed by atoms with Gasteiger partial charge in [0.2, 0.25) is 12.0 Å². The van der Waals surface area contributed by atoms with E-state index in [1.807, 2.05) is 0 Å². The van der Waals surface area contributed by atoms with Gasteiger partial charge in [0.15, 0.2) is 0 Å². The number of hydrogen-bond donors (Lipinski definition) is 2. The summed E-state index contributed by atoms with van der Waals surface area (Å²) < 4.78 is 23.2. The number of nitrogen functional groups attached to an aromatic ring is 1. The fraction of sp³-hybridized carbons (Fsp3) is 0.105. The highest BCUT2D eigenvalue weighted by molar-refractivity contribution is 6.00. The molecule has 3 rings (SSSR count). The van der Waals surface area contributed by atoms with Crippen LogP contribution in [0.4, 0.5) is 16.0 Å². The second-order valence-electron chi connectivity index (χ2n) is 5.70. The fourth-order valence-electron chi connectivity index (χ4n) is 2.44. The first-order valence-corrected chi connectivity index (χ1v) is 8.00. The van der Waals surface area contributed by atoms with Gasteiger partial charge in [-0.25, -0.2) is 9.18 Å². The van der Waals surface area contributed by atoms with Gasteiger partial charge in [0, 0.05) is 11.3 Å². The van der Waals surface area contributed by atoms with Crippen molar-refractivity contribution in [1.29, 1.82) is 0 Å². The van der Waals surface area contributed by atoms with Gasteiger partial charge in [0.1, 0.15) is 11.4 Å². The quantitative estimate of drug-likeness (QED) is 0.669. The Bertz CT molecular complexity index is 935. The van der Waals surface area contributed by atoms with Crippen LogP contribution in [0.15, 0.2) is 59.1 Å². The zero-order valence-corrected chi connectivity index (χ0v) is 14.3. The highest BCUT2D eigenvalue weighted by Crippen LogP contribution is 2.24. The van der Waals surface area contributed by atoms with E-state index in [-0.39, 0.29) is 17.1 Å². The minimum Gasteiger partial charge on any atom is -0.443 e. The molecule has 3 aromatic rings. The van der Waals surface area contributed by atoms with Crippen LogP contribution in [0.5, 0.6) is 0 Å². The van der Waals surface area contributed by atoms with Crippen LogP contribution in [0.2, 0.25) is 0 Å². The summed E-state index contributed by atoms with van der Waals surface area (Å²) in [4.78, 5) is 25.2. The summed E-state index contributed by atoms with van der Waals surface area (Å²) in [5.74, 6) is -2.07. The highest BCUT2D eigenvalue weighted by Gasteiger charge is 2.29. The molecule has 3 N–H and O–H groups in total. The van der Waals surface area contributed by atoms with Crippen molar-refractivity contribution in [1.82, 2.24) is 5.16 Å². The second kappa shape index (κ2) is 7.69. The van der Waals surface area contributed by atoms with Crippen molar-refractivity contribution in [3.05, 3.63) is 77.2 Å². The molecular formula is C19H16FN3O4. The zero-order chi connectivity index (χ0) is 19.4. The zero-order valence-electron chi connectivity index (χ0n) is 14.3. The lowest BCUT2D eigenvalue weighted by Gasteiger charge is -2.18. The number of halogens is 1. The van der Waals surface area contributed by atoms with Gasteiger partial charge in [-0.15, -0.1) is 0 Å². The van der Waals surface area contributed by atoms with E-state index in [9.17, 15) is 14.0 Å². The SMILES string of the molecule is Cc1noc(N)c1C(=O)OC(C(=O)Nc1ccc(F)cc1)c1ccccc1. The maximum Gasteiger partial charge on any atom is 0.346 e. The number of aryl methyl sites for hydroxylation is 1.